The maximum absolute atomic E-state index is 4.30. The van der Waals surface area contributed by atoms with Crippen molar-refractivity contribution >= 4 is 0 Å². The van der Waals surface area contributed by atoms with E-state index in [1.807, 2.05) is 0 Å². The smallest absolute Gasteiger partial charge is 0.00489 e. The summed E-state index contributed by atoms with van der Waals surface area (Å²) in [5.41, 5.74) is 1.51. The molecule has 0 heterocycles. The van der Waals surface area contributed by atoms with Crippen molar-refractivity contribution in [1.29, 1.82) is 0 Å². The van der Waals surface area contributed by atoms with Crippen LogP contribution in [-0.2, 0) is 0 Å². The molecule has 168 valence electrons. The van der Waals surface area contributed by atoms with Gasteiger partial charge in [0.15, 0.2) is 0 Å². The summed E-state index contributed by atoms with van der Waals surface area (Å²) in [7, 11) is 0. The maximum Gasteiger partial charge on any atom is -0.00489 e. The summed E-state index contributed by atoms with van der Waals surface area (Å²) in [4.78, 5) is 0. The van der Waals surface area contributed by atoms with E-state index in [0.717, 1.165) is 0 Å². The lowest BCUT2D eigenvalue weighted by molar-refractivity contribution is 0.542. The molecule has 0 unspecified atom stereocenters. The van der Waals surface area contributed by atoms with Gasteiger partial charge in [-0.3, -0.25) is 0 Å². The van der Waals surface area contributed by atoms with E-state index in [0.29, 0.717) is 0 Å². The van der Waals surface area contributed by atoms with Gasteiger partial charge in [-0.15, -0.1) is 0 Å². The van der Waals surface area contributed by atoms with Crippen molar-refractivity contribution in [3.8, 4) is 0 Å². The molecule has 28 heavy (non-hydrogen) atoms. The van der Waals surface area contributed by atoms with Crippen LogP contribution in [0.25, 0.3) is 0 Å². The third kappa shape index (κ3) is 23.7. The van der Waals surface area contributed by atoms with Crippen LogP contribution < -0.4 is 5.32 Å². The fourth-order valence-electron chi connectivity index (χ4n) is 3.94. The molecule has 0 rings (SSSR count). The highest BCUT2D eigenvalue weighted by Crippen LogP contribution is 2.17. The monoisotopic (exact) mass is 393 g/mol. The SMILES string of the molecule is C=C(CCCCCCCCCC)CCCCCCCNCCCCCCCC. The van der Waals surface area contributed by atoms with E-state index in [1.54, 1.807) is 0 Å². The van der Waals surface area contributed by atoms with E-state index in [4.69, 9.17) is 0 Å². The van der Waals surface area contributed by atoms with Gasteiger partial charge >= 0.3 is 0 Å². The standard InChI is InChI=1S/C27H55N/c1-4-6-8-10-12-13-15-19-23-27(3)24-20-16-14-18-22-26-28-25-21-17-11-9-7-5-2/h28H,3-26H2,1-2H3. The van der Waals surface area contributed by atoms with Gasteiger partial charge in [-0.25, -0.2) is 0 Å². The molecule has 0 aliphatic heterocycles. The zero-order valence-electron chi connectivity index (χ0n) is 20.0. The Morgan fingerprint density at radius 2 is 0.786 bits per heavy atom. The van der Waals surface area contributed by atoms with Crippen LogP contribution in [0.5, 0.6) is 0 Å². The van der Waals surface area contributed by atoms with Gasteiger partial charge in [-0.05, 0) is 51.6 Å². The fraction of sp³-hybridized carbons (Fsp3) is 0.926. The van der Waals surface area contributed by atoms with Crippen molar-refractivity contribution in [2.45, 2.75) is 149 Å². The van der Waals surface area contributed by atoms with E-state index >= 15 is 0 Å². The van der Waals surface area contributed by atoms with Crippen LogP contribution in [0, 0.1) is 0 Å². The first kappa shape index (κ1) is 27.7. The number of unbranched alkanes of at least 4 members (excludes halogenated alkanes) is 16. The molecule has 0 aromatic heterocycles. The van der Waals surface area contributed by atoms with Crippen LogP contribution in [0.2, 0.25) is 0 Å². The summed E-state index contributed by atoms with van der Waals surface area (Å²) in [6, 6.07) is 0. The van der Waals surface area contributed by atoms with Crippen LogP contribution in [0.1, 0.15) is 149 Å². The fourth-order valence-corrected chi connectivity index (χ4v) is 3.94. The van der Waals surface area contributed by atoms with Crippen molar-refractivity contribution in [2.24, 2.45) is 0 Å². The summed E-state index contributed by atoms with van der Waals surface area (Å²) >= 11 is 0. The zero-order chi connectivity index (χ0) is 20.5. The van der Waals surface area contributed by atoms with Crippen LogP contribution in [0.15, 0.2) is 12.2 Å². The Hall–Kier alpha value is -0.300. The number of hydrogen-bond donors (Lipinski definition) is 1. The molecular weight excluding hydrogens is 338 g/mol. The third-order valence-electron chi connectivity index (χ3n) is 5.97. The van der Waals surface area contributed by atoms with Crippen molar-refractivity contribution in [1.82, 2.24) is 5.32 Å². The molecule has 0 bridgehead atoms. The first-order valence-corrected chi connectivity index (χ1v) is 13.2. The molecule has 0 saturated carbocycles. The predicted molar refractivity (Wildman–Crippen MR) is 130 cm³/mol. The highest BCUT2D eigenvalue weighted by molar-refractivity contribution is 4.93. The largest absolute Gasteiger partial charge is 0.317 e. The van der Waals surface area contributed by atoms with Gasteiger partial charge < -0.3 is 5.32 Å². The lowest BCUT2D eigenvalue weighted by Crippen LogP contribution is -2.16. The lowest BCUT2D eigenvalue weighted by atomic mass is 10.0. The van der Waals surface area contributed by atoms with Crippen molar-refractivity contribution < 1.29 is 0 Å². The van der Waals surface area contributed by atoms with Crippen molar-refractivity contribution in [2.75, 3.05) is 13.1 Å². The first-order valence-electron chi connectivity index (χ1n) is 13.2. The van der Waals surface area contributed by atoms with Gasteiger partial charge in [0.25, 0.3) is 0 Å². The molecule has 0 saturated heterocycles. The predicted octanol–water partition coefficient (Wildman–Crippen LogP) is 9.36. The van der Waals surface area contributed by atoms with E-state index in [2.05, 4.69) is 25.7 Å². The summed E-state index contributed by atoms with van der Waals surface area (Å²) in [5.74, 6) is 0. The molecule has 0 atom stereocenters. The Bertz CT molecular complexity index is 297. The lowest BCUT2D eigenvalue weighted by Gasteiger charge is -2.07. The second-order valence-corrected chi connectivity index (χ2v) is 9.01. The van der Waals surface area contributed by atoms with Crippen LogP contribution in [0.4, 0.5) is 0 Å². The molecule has 0 aliphatic rings. The Kier molecular flexibility index (Phi) is 24.5. The Balaban J connectivity index is 3.12. The second-order valence-electron chi connectivity index (χ2n) is 9.01. The average molecular weight is 394 g/mol. The number of hydrogen-bond acceptors (Lipinski definition) is 1. The molecule has 1 nitrogen and oxygen atoms in total. The van der Waals surface area contributed by atoms with Gasteiger partial charge in [-0.1, -0.05) is 122 Å². The molecule has 0 radical (unpaired) electrons. The summed E-state index contributed by atoms with van der Waals surface area (Å²) in [5, 5.41) is 3.62. The number of allylic oxidation sites excluding steroid dienone is 1. The zero-order valence-corrected chi connectivity index (χ0v) is 20.0. The highest BCUT2D eigenvalue weighted by Gasteiger charge is 1.98. The molecule has 0 fully saturated rings. The quantitative estimate of drug-likeness (QED) is 0.127. The molecular formula is C27H55N. The number of nitrogens with one attached hydrogen (secondary N) is 1. The van der Waals surface area contributed by atoms with Crippen LogP contribution >= 0.6 is 0 Å². The average Bonchev–Trinajstić information content (AvgIpc) is 2.70. The summed E-state index contributed by atoms with van der Waals surface area (Å²) in [6.07, 6.45) is 29.2. The molecule has 0 aliphatic carbocycles. The van der Waals surface area contributed by atoms with Crippen molar-refractivity contribution in [3.63, 3.8) is 0 Å². The van der Waals surface area contributed by atoms with Gasteiger partial charge in [0.05, 0.1) is 0 Å². The topological polar surface area (TPSA) is 12.0 Å². The molecule has 0 aromatic carbocycles. The van der Waals surface area contributed by atoms with E-state index in [1.165, 1.54) is 153 Å². The molecule has 0 spiro atoms. The summed E-state index contributed by atoms with van der Waals surface area (Å²) < 4.78 is 0. The molecule has 0 aromatic rings. The van der Waals surface area contributed by atoms with Gasteiger partial charge in [-0.2, -0.15) is 0 Å². The first-order chi connectivity index (χ1) is 13.8. The Morgan fingerprint density at radius 1 is 0.464 bits per heavy atom. The Labute approximate surface area is 179 Å². The van der Waals surface area contributed by atoms with E-state index in [9.17, 15) is 0 Å². The van der Waals surface area contributed by atoms with Gasteiger partial charge in [0.2, 0.25) is 0 Å². The van der Waals surface area contributed by atoms with Crippen molar-refractivity contribution in [3.05, 3.63) is 12.2 Å². The van der Waals surface area contributed by atoms with Crippen LogP contribution in [-0.4, -0.2) is 13.1 Å². The molecule has 1 heteroatoms. The minimum Gasteiger partial charge on any atom is -0.317 e. The van der Waals surface area contributed by atoms with Gasteiger partial charge in [0, 0.05) is 0 Å². The second kappa shape index (κ2) is 24.7. The summed E-state index contributed by atoms with van der Waals surface area (Å²) in [6.45, 7) is 11.3. The number of rotatable bonds is 24. The molecule has 1 N–H and O–H groups in total. The minimum absolute atomic E-state index is 1.22. The molecule has 0 amide bonds. The minimum atomic E-state index is 1.22. The van der Waals surface area contributed by atoms with E-state index in [-0.39, 0.29) is 0 Å². The highest BCUT2D eigenvalue weighted by atomic mass is 14.8. The normalized spacial score (nSPS) is 11.2. The Morgan fingerprint density at radius 3 is 1.18 bits per heavy atom. The van der Waals surface area contributed by atoms with Gasteiger partial charge in [0.1, 0.15) is 0 Å². The van der Waals surface area contributed by atoms with Crippen LogP contribution in [0.3, 0.4) is 0 Å². The third-order valence-corrected chi connectivity index (χ3v) is 5.97. The maximum atomic E-state index is 4.30. The van der Waals surface area contributed by atoms with E-state index < -0.39 is 0 Å².